The summed E-state index contributed by atoms with van der Waals surface area (Å²) in [5.41, 5.74) is 1.27. The van der Waals surface area contributed by atoms with Crippen molar-refractivity contribution in [3.8, 4) is 6.07 Å². The summed E-state index contributed by atoms with van der Waals surface area (Å²) in [5, 5.41) is 11.5. The molecule has 0 spiro atoms. The highest BCUT2D eigenvalue weighted by Crippen LogP contribution is 2.09. The number of amides is 1. The first-order valence-corrected chi connectivity index (χ1v) is 6.56. The predicted octanol–water partition coefficient (Wildman–Crippen LogP) is 2.33. The second kappa shape index (κ2) is 9.08. The number of benzene rings is 1. The van der Waals surface area contributed by atoms with Crippen LogP contribution in [0.4, 0.5) is 5.69 Å². The fourth-order valence-electron chi connectivity index (χ4n) is 1.65. The smallest absolute Gasteiger partial charge is 0.224 e. The summed E-state index contributed by atoms with van der Waals surface area (Å²) in [5.74, 6) is -0.0577. The zero-order valence-corrected chi connectivity index (χ0v) is 11.9. The van der Waals surface area contributed by atoms with Crippen LogP contribution in [0.2, 0.25) is 0 Å². The summed E-state index contributed by atoms with van der Waals surface area (Å²) in [6, 6.07) is 8.81. The first-order valence-electron chi connectivity index (χ1n) is 6.56. The average molecular weight is 276 g/mol. The molecule has 1 aromatic rings. The van der Waals surface area contributed by atoms with Gasteiger partial charge in [-0.15, -0.1) is 0 Å². The molecule has 1 aromatic carbocycles. The number of nitrogens with zero attached hydrogens (tertiary/aromatic N) is 1. The lowest BCUT2D eigenvalue weighted by Gasteiger charge is -2.11. The van der Waals surface area contributed by atoms with E-state index in [2.05, 4.69) is 5.32 Å². The van der Waals surface area contributed by atoms with Crippen molar-refractivity contribution < 1.29 is 14.3 Å². The Morgan fingerprint density at radius 2 is 2.10 bits per heavy atom. The highest BCUT2D eigenvalue weighted by molar-refractivity contribution is 5.90. The molecule has 0 aliphatic rings. The van der Waals surface area contributed by atoms with Crippen molar-refractivity contribution in [3.63, 3.8) is 0 Å². The van der Waals surface area contributed by atoms with Crippen LogP contribution in [0.25, 0.3) is 0 Å². The molecule has 1 rings (SSSR count). The molecule has 5 heteroatoms. The molecule has 0 bridgehead atoms. The zero-order chi connectivity index (χ0) is 14.8. The summed E-state index contributed by atoms with van der Waals surface area (Å²) in [4.78, 5) is 11.7. The summed E-state index contributed by atoms with van der Waals surface area (Å²) in [6.07, 6.45) is 1.11. The SMILES string of the molecule is COCC(C)OCCCC(=O)Nc1ccc(C#N)cc1. The quantitative estimate of drug-likeness (QED) is 0.740. The number of nitrogens with one attached hydrogen (secondary N) is 1. The maximum atomic E-state index is 11.7. The summed E-state index contributed by atoms with van der Waals surface area (Å²) >= 11 is 0. The van der Waals surface area contributed by atoms with Gasteiger partial charge < -0.3 is 14.8 Å². The van der Waals surface area contributed by atoms with E-state index in [1.165, 1.54) is 0 Å². The van der Waals surface area contributed by atoms with E-state index in [9.17, 15) is 4.79 Å². The molecular weight excluding hydrogens is 256 g/mol. The van der Waals surface area contributed by atoms with E-state index in [0.29, 0.717) is 37.3 Å². The lowest BCUT2D eigenvalue weighted by atomic mass is 10.2. The van der Waals surface area contributed by atoms with Crippen LogP contribution in [0.5, 0.6) is 0 Å². The Labute approximate surface area is 119 Å². The molecule has 0 saturated heterocycles. The van der Waals surface area contributed by atoms with Crippen LogP contribution in [0.1, 0.15) is 25.3 Å². The Hall–Kier alpha value is -1.90. The Kier molecular flexibility index (Phi) is 7.33. The van der Waals surface area contributed by atoms with Gasteiger partial charge in [-0.1, -0.05) is 0 Å². The number of anilines is 1. The summed E-state index contributed by atoms with van der Waals surface area (Å²) in [7, 11) is 1.63. The molecule has 0 aliphatic heterocycles. The molecule has 108 valence electrons. The van der Waals surface area contributed by atoms with E-state index in [4.69, 9.17) is 14.7 Å². The van der Waals surface area contributed by atoms with Gasteiger partial charge in [0.15, 0.2) is 0 Å². The van der Waals surface area contributed by atoms with Gasteiger partial charge >= 0.3 is 0 Å². The Balaban J connectivity index is 2.21. The van der Waals surface area contributed by atoms with Crippen LogP contribution < -0.4 is 5.32 Å². The van der Waals surface area contributed by atoms with Gasteiger partial charge in [0.25, 0.3) is 0 Å². The number of ether oxygens (including phenoxy) is 2. The molecule has 1 N–H and O–H groups in total. The minimum absolute atomic E-state index is 0.0431. The molecule has 20 heavy (non-hydrogen) atoms. The molecule has 0 radical (unpaired) electrons. The largest absolute Gasteiger partial charge is 0.382 e. The van der Waals surface area contributed by atoms with Crippen LogP contribution in [0.15, 0.2) is 24.3 Å². The van der Waals surface area contributed by atoms with E-state index in [-0.39, 0.29) is 12.0 Å². The number of rotatable bonds is 8. The fraction of sp³-hybridized carbons (Fsp3) is 0.467. The zero-order valence-electron chi connectivity index (χ0n) is 11.9. The van der Waals surface area contributed by atoms with Gasteiger partial charge in [0.1, 0.15) is 0 Å². The maximum Gasteiger partial charge on any atom is 0.224 e. The first-order chi connectivity index (χ1) is 9.65. The van der Waals surface area contributed by atoms with Crippen molar-refractivity contribution in [2.75, 3.05) is 25.6 Å². The van der Waals surface area contributed by atoms with Crippen molar-refractivity contribution in [3.05, 3.63) is 29.8 Å². The summed E-state index contributed by atoms with van der Waals surface area (Å²) < 4.78 is 10.4. The lowest BCUT2D eigenvalue weighted by Crippen LogP contribution is -2.17. The van der Waals surface area contributed by atoms with Crippen LogP contribution in [-0.4, -0.2) is 32.3 Å². The number of hydrogen-bond donors (Lipinski definition) is 1. The van der Waals surface area contributed by atoms with Gasteiger partial charge in [-0.2, -0.15) is 5.26 Å². The van der Waals surface area contributed by atoms with Crippen molar-refractivity contribution in [1.82, 2.24) is 0 Å². The first kappa shape index (κ1) is 16.2. The van der Waals surface area contributed by atoms with E-state index in [1.807, 2.05) is 13.0 Å². The predicted molar refractivity (Wildman–Crippen MR) is 76.3 cm³/mol. The third kappa shape index (κ3) is 6.32. The van der Waals surface area contributed by atoms with Crippen molar-refractivity contribution in [2.24, 2.45) is 0 Å². The highest BCUT2D eigenvalue weighted by atomic mass is 16.5. The van der Waals surface area contributed by atoms with Crippen molar-refractivity contribution >= 4 is 11.6 Å². The monoisotopic (exact) mass is 276 g/mol. The second-order valence-electron chi connectivity index (χ2n) is 4.48. The molecular formula is C15H20N2O3. The number of methoxy groups -OCH3 is 1. The molecule has 0 aromatic heterocycles. The number of hydrogen-bond acceptors (Lipinski definition) is 4. The Morgan fingerprint density at radius 3 is 2.70 bits per heavy atom. The van der Waals surface area contributed by atoms with Crippen molar-refractivity contribution in [2.45, 2.75) is 25.9 Å². The molecule has 0 fully saturated rings. The van der Waals surface area contributed by atoms with Crippen LogP contribution >= 0.6 is 0 Å². The minimum atomic E-state index is -0.0577. The van der Waals surface area contributed by atoms with Gasteiger partial charge in [-0.05, 0) is 37.6 Å². The van der Waals surface area contributed by atoms with Crippen molar-refractivity contribution in [1.29, 1.82) is 5.26 Å². The van der Waals surface area contributed by atoms with Gasteiger partial charge in [0.2, 0.25) is 5.91 Å². The second-order valence-corrected chi connectivity index (χ2v) is 4.48. The number of nitriles is 1. The molecule has 1 amide bonds. The third-order valence-electron chi connectivity index (χ3n) is 2.65. The average Bonchev–Trinajstić information content (AvgIpc) is 2.45. The van der Waals surface area contributed by atoms with E-state index >= 15 is 0 Å². The third-order valence-corrected chi connectivity index (χ3v) is 2.65. The molecule has 5 nitrogen and oxygen atoms in total. The minimum Gasteiger partial charge on any atom is -0.382 e. The van der Waals surface area contributed by atoms with Gasteiger partial charge in [0, 0.05) is 25.8 Å². The topological polar surface area (TPSA) is 71.3 Å². The van der Waals surface area contributed by atoms with E-state index < -0.39 is 0 Å². The lowest BCUT2D eigenvalue weighted by molar-refractivity contribution is -0.116. The molecule has 1 unspecified atom stereocenters. The van der Waals surface area contributed by atoms with E-state index in [0.717, 1.165) is 0 Å². The van der Waals surface area contributed by atoms with Crippen LogP contribution in [-0.2, 0) is 14.3 Å². The fourth-order valence-corrected chi connectivity index (χ4v) is 1.65. The van der Waals surface area contributed by atoms with Crippen LogP contribution in [0.3, 0.4) is 0 Å². The Bertz CT molecular complexity index is 451. The Morgan fingerprint density at radius 1 is 1.40 bits per heavy atom. The molecule has 1 atom stereocenters. The van der Waals surface area contributed by atoms with Gasteiger partial charge in [0.05, 0.1) is 24.3 Å². The summed E-state index contributed by atoms with van der Waals surface area (Å²) in [6.45, 7) is 3.02. The normalized spacial score (nSPS) is 11.7. The molecule has 0 aliphatic carbocycles. The van der Waals surface area contributed by atoms with E-state index in [1.54, 1.807) is 31.4 Å². The molecule has 0 saturated carbocycles. The highest BCUT2D eigenvalue weighted by Gasteiger charge is 2.04. The standard InChI is InChI=1S/C15H20N2O3/c1-12(11-19-2)20-9-3-4-15(18)17-14-7-5-13(10-16)6-8-14/h5-8,12H,3-4,9,11H2,1-2H3,(H,17,18). The van der Waals surface area contributed by atoms with Gasteiger partial charge in [-0.3, -0.25) is 4.79 Å². The van der Waals surface area contributed by atoms with Crippen LogP contribution in [0, 0.1) is 11.3 Å². The number of carbonyl (C=O) groups excluding carboxylic acids is 1. The number of carbonyl (C=O) groups is 1. The molecule has 0 heterocycles. The van der Waals surface area contributed by atoms with Gasteiger partial charge in [-0.25, -0.2) is 0 Å². The maximum absolute atomic E-state index is 11.7.